The smallest absolute Gasteiger partial charge is 0.222 e. The van der Waals surface area contributed by atoms with Gasteiger partial charge in [0.2, 0.25) is 5.95 Å². The third kappa shape index (κ3) is 2.01. The Hall–Kier alpha value is -1.16. The van der Waals surface area contributed by atoms with Crippen molar-refractivity contribution in [2.24, 2.45) is 0 Å². The number of ether oxygens (including phenoxy) is 1. The Balaban J connectivity index is 2.07. The quantitative estimate of drug-likeness (QED) is 0.771. The molecule has 1 fully saturated rings. The fourth-order valence-electron chi connectivity index (χ4n) is 1.71. The van der Waals surface area contributed by atoms with Crippen LogP contribution in [0.5, 0.6) is 0 Å². The third-order valence-corrected chi connectivity index (χ3v) is 2.59. The van der Waals surface area contributed by atoms with Crippen molar-refractivity contribution in [3.05, 3.63) is 18.0 Å². The average Bonchev–Trinajstić information content (AvgIpc) is 2.30. The SMILES string of the molecule is CNc1ncc(C2CCOCC2)cn1. The van der Waals surface area contributed by atoms with Gasteiger partial charge < -0.3 is 10.1 Å². The lowest BCUT2D eigenvalue weighted by Crippen LogP contribution is -2.14. The first-order valence-corrected chi connectivity index (χ1v) is 4.97. The van der Waals surface area contributed by atoms with Gasteiger partial charge in [0, 0.05) is 32.7 Å². The molecule has 2 rings (SSSR count). The zero-order valence-electron chi connectivity index (χ0n) is 8.36. The van der Waals surface area contributed by atoms with E-state index in [1.54, 1.807) is 0 Å². The summed E-state index contributed by atoms with van der Waals surface area (Å²) in [4.78, 5) is 8.42. The minimum Gasteiger partial charge on any atom is -0.381 e. The highest BCUT2D eigenvalue weighted by atomic mass is 16.5. The molecule has 0 spiro atoms. The van der Waals surface area contributed by atoms with E-state index in [2.05, 4.69) is 15.3 Å². The lowest BCUT2D eigenvalue weighted by Gasteiger charge is -2.21. The zero-order chi connectivity index (χ0) is 9.80. The van der Waals surface area contributed by atoms with Gasteiger partial charge in [-0.1, -0.05) is 0 Å². The Morgan fingerprint density at radius 1 is 1.29 bits per heavy atom. The number of aromatic nitrogens is 2. The predicted octanol–water partition coefficient (Wildman–Crippen LogP) is 1.41. The fraction of sp³-hybridized carbons (Fsp3) is 0.600. The molecule has 0 bridgehead atoms. The van der Waals surface area contributed by atoms with E-state index < -0.39 is 0 Å². The van der Waals surface area contributed by atoms with Crippen molar-refractivity contribution >= 4 is 5.95 Å². The molecule has 14 heavy (non-hydrogen) atoms. The van der Waals surface area contributed by atoms with Crippen molar-refractivity contribution in [3.63, 3.8) is 0 Å². The Kier molecular flexibility index (Phi) is 2.93. The second-order valence-electron chi connectivity index (χ2n) is 3.48. The summed E-state index contributed by atoms with van der Waals surface area (Å²) >= 11 is 0. The molecule has 1 saturated heterocycles. The van der Waals surface area contributed by atoms with Crippen LogP contribution in [0.15, 0.2) is 12.4 Å². The third-order valence-electron chi connectivity index (χ3n) is 2.59. The molecule has 0 aliphatic carbocycles. The van der Waals surface area contributed by atoms with E-state index in [0.29, 0.717) is 11.9 Å². The van der Waals surface area contributed by atoms with E-state index in [0.717, 1.165) is 26.1 Å². The van der Waals surface area contributed by atoms with Crippen LogP contribution in [0.25, 0.3) is 0 Å². The van der Waals surface area contributed by atoms with Gasteiger partial charge in [-0.3, -0.25) is 0 Å². The summed E-state index contributed by atoms with van der Waals surface area (Å²) in [6.45, 7) is 1.72. The second kappa shape index (κ2) is 4.37. The van der Waals surface area contributed by atoms with Crippen molar-refractivity contribution in [3.8, 4) is 0 Å². The maximum absolute atomic E-state index is 5.31. The summed E-state index contributed by atoms with van der Waals surface area (Å²) in [7, 11) is 1.82. The van der Waals surface area contributed by atoms with E-state index in [1.165, 1.54) is 5.56 Å². The lowest BCUT2D eigenvalue weighted by molar-refractivity contribution is 0.0852. The van der Waals surface area contributed by atoms with Crippen LogP contribution in [0.1, 0.15) is 24.3 Å². The molecule has 1 aliphatic heterocycles. The van der Waals surface area contributed by atoms with E-state index in [4.69, 9.17) is 4.74 Å². The van der Waals surface area contributed by atoms with Crippen molar-refractivity contribution in [1.29, 1.82) is 0 Å². The second-order valence-corrected chi connectivity index (χ2v) is 3.48. The maximum atomic E-state index is 5.31. The van der Waals surface area contributed by atoms with Gasteiger partial charge in [0.25, 0.3) is 0 Å². The molecule has 0 unspecified atom stereocenters. The monoisotopic (exact) mass is 193 g/mol. The Morgan fingerprint density at radius 2 is 1.93 bits per heavy atom. The summed E-state index contributed by atoms with van der Waals surface area (Å²) in [5.74, 6) is 1.26. The Labute approximate surface area is 83.7 Å². The first kappa shape index (κ1) is 9.40. The summed E-state index contributed by atoms with van der Waals surface area (Å²) < 4.78 is 5.31. The van der Waals surface area contributed by atoms with Gasteiger partial charge >= 0.3 is 0 Å². The predicted molar refractivity (Wildman–Crippen MR) is 54.4 cm³/mol. The Morgan fingerprint density at radius 3 is 2.50 bits per heavy atom. The molecule has 0 atom stereocenters. The van der Waals surface area contributed by atoms with Crippen LogP contribution in [0.4, 0.5) is 5.95 Å². The topological polar surface area (TPSA) is 47.0 Å². The highest BCUT2D eigenvalue weighted by molar-refractivity contribution is 5.24. The number of hydrogen-bond donors (Lipinski definition) is 1. The Bertz CT molecular complexity index is 280. The zero-order valence-corrected chi connectivity index (χ0v) is 8.36. The van der Waals surface area contributed by atoms with Gasteiger partial charge in [-0.05, 0) is 24.3 Å². The van der Waals surface area contributed by atoms with E-state index >= 15 is 0 Å². The van der Waals surface area contributed by atoms with Crippen LogP contribution in [-0.2, 0) is 4.74 Å². The van der Waals surface area contributed by atoms with Crippen LogP contribution in [0, 0.1) is 0 Å². The molecule has 0 saturated carbocycles. The van der Waals surface area contributed by atoms with Crippen molar-refractivity contribution < 1.29 is 4.74 Å². The van der Waals surface area contributed by atoms with Crippen LogP contribution in [0.3, 0.4) is 0 Å². The number of hydrogen-bond acceptors (Lipinski definition) is 4. The normalized spacial score (nSPS) is 18.1. The minimum absolute atomic E-state index is 0.578. The van der Waals surface area contributed by atoms with Gasteiger partial charge in [-0.15, -0.1) is 0 Å². The molecule has 4 nitrogen and oxygen atoms in total. The molecule has 76 valence electrons. The maximum Gasteiger partial charge on any atom is 0.222 e. The molecule has 1 N–H and O–H groups in total. The first-order valence-electron chi connectivity index (χ1n) is 4.97. The summed E-state index contributed by atoms with van der Waals surface area (Å²) in [5.41, 5.74) is 1.23. The average molecular weight is 193 g/mol. The number of nitrogens with one attached hydrogen (secondary N) is 1. The van der Waals surface area contributed by atoms with Gasteiger partial charge in [0.1, 0.15) is 0 Å². The highest BCUT2D eigenvalue weighted by Gasteiger charge is 2.16. The molecule has 0 aromatic carbocycles. The lowest BCUT2D eigenvalue weighted by atomic mass is 9.94. The molecule has 2 heterocycles. The molecule has 0 radical (unpaired) electrons. The summed E-state index contributed by atoms with van der Waals surface area (Å²) in [6, 6.07) is 0. The van der Waals surface area contributed by atoms with Crippen LogP contribution < -0.4 is 5.32 Å². The summed E-state index contributed by atoms with van der Waals surface area (Å²) in [5, 5.41) is 2.91. The van der Waals surface area contributed by atoms with Crippen LogP contribution in [0.2, 0.25) is 0 Å². The molecule has 1 aromatic rings. The van der Waals surface area contributed by atoms with Crippen molar-refractivity contribution in [2.75, 3.05) is 25.6 Å². The van der Waals surface area contributed by atoms with Crippen molar-refractivity contribution in [2.45, 2.75) is 18.8 Å². The summed E-state index contributed by atoms with van der Waals surface area (Å²) in [6.07, 6.45) is 5.99. The molecule has 1 aliphatic rings. The standard InChI is InChI=1S/C10H15N3O/c1-11-10-12-6-9(7-13-10)8-2-4-14-5-3-8/h6-8H,2-5H2,1H3,(H,11,12,13). The molecular formula is C10H15N3O. The fourth-order valence-corrected chi connectivity index (χ4v) is 1.71. The van der Waals surface area contributed by atoms with E-state index in [9.17, 15) is 0 Å². The van der Waals surface area contributed by atoms with Gasteiger partial charge in [-0.25, -0.2) is 9.97 Å². The molecular weight excluding hydrogens is 178 g/mol. The van der Waals surface area contributed by atoms with Gasteiger partial charge in [0.15, 0.2) is 0 Å². The van der Waals surface area contributed by atoms with Crippen LogP contribution in [-0.4, -0.2) is 30.2 Å². The molecule has 4 heteroatoms. The van der Waals surface area contributed by atoms with E-state index in [-0.39, 0.29) is 0 Å². The largest absolute Gasteiger partial charge is 0.381 e. The number of nitrogens with zero attached hydrogens (tertiary/aromatic N) is 2. The minimum atomic E-state index is 0.578. The highest BCUT2D eigenvalue weighted by Crippen LogP contribution is 2.25. The molecule has 0 amide bonds. The number of rotatable bonds is 2. The number of anilines is 1. The molecule has 1 aromatic heterocycles. The van der Waals surface area contributed by atoms with Gasteiger partial charge in [0.05, 0.1) is 0 Å². The van der Waals surface area contributed by atoms with Gasteiger partial charge in [-0.2, -0.15) is 0 Å². The van der Waals surface area contributed by atoms with E-state index in [1.807, 2.05) is 19.4 Å². The van der Waals surface area contributed by atoms with Crippen LogP contribution >= 0.6 is 0 Å². The van der Waals surface area contributed by atoms with Crippen molar-refractivity contribution in [1.82, 2.24) is 9.97 Å². The first-order chi connectivity index (χ1) is 6.90.